The minimum Gasteiger partial charge on any atom is -0.497 e. The SMILES string of the molecule is CCC(CC)Nc1nc(C)c(-c2ccc(OC)cc2C=O)nc1OC. The highest BCUT2D eigenvalue weighted by Gasteiger charge is 2.17. The van der Waals surface area contributed by atoms with Gasteiger partial charge in [-0.2, -0.15) is 0 Å². The molecule has 0 radical (unpaired) electrons. The summed E-state index contributed by atoms with van der Waals surface area (Å²) in [4.78, 5) is 20.7. The number of hydrogen-bond acceptors (Lipinski definition) is 6. The number of anilines is 1. The number of rotatable bonds is 8. The summed E-state index contributed by atoms with van der Waals surface area (Å²) >= 11 is 0. The van der Waals surface area contributed by atoms with Gasteiger partial charge < -0.3 is 14.8 Å². The predicted molar refractivity (Wildman–Crippen MR) is 98.7 cm³/mol. The first-order valence-corrected chi connectivity index (χ1v) is 8.40. The van der Waals surface area contributed by atoms with E-state index >= 15 is 0 Å². The topological polar surface area (TPSA) is 73.3 Å². The van der Waals surface area contributed by atoms with Gasteiger partial charge >= 0.3 is 0 Å². The van der Waals surface area contributed by atoms with Crippen LogP contribution in [0.5, 0.6) is 11.6 Å². The van der Waals surface area contributed by atoms with Crippen LogP contribution in [0.3, 0.4) is 0 Å². The number of carbonyl (C=O) groups is 1. The molecule has 6 nitrogen and oxygen atoms in total. The van der Waals surface area contributed by atoms with Gasteiger partial charge in [-0.15, -0.1) is 0 Å². The highest BCUT2D eigenvalue weighted by molar-refractivity contribution is 5.88. The fourth-order valence-electron chi connectivity index (χ4n) is 2.66. The molecular weight excluding hydrogens is 318 g/mol. The van der Waals surface area contributed by atoms with Crippen molar-refractivity contribution in [2.24, 2.45) is 0 Å². The lowest BCUT2D eigenvalue weighted by atomic mass is 10.0. The molecule has 0 spiro atoms. The molecule has 1 aromatic carbocycles. The normalized spacial score (nSPS) is 10.6. The Morgan fingerprint density at radius 1 is 1.16 bits per heavy atom. The third-order valence-electron chi connectivity index (χ3n) is 4.20. The molecule has 1 N–H and O–H groups in total. The van der Waals surface area contributed by atoms with Gasteiger partial charge in [-0.05, 0) is 38.0 Å². The third-order valence-corrected chi connectivity index (χ3v) is 4.20. The second kappa shape index (κ2) is 8.46. The smallest absolute Gasteiger partial charge is 0.257 e. The summed E-state index contributed by atoms with van der Waals surface area (Å²) in [6.45, 7) is 6.12. The van der Waals surface area contributed by atoms with Crippen LogP contribution in [0.25, 0.3) is 11.3 Å². The summed E-state index contributed by atoms with van der Waals surface area (Å²) in [7, 11) is 3.13. The van der Waals surface area contributed by atoms with E-state index in [0.717, 1.165) is 24.8 Å². The second-order valence-corrected chi connectivity index (χ2v) is 5.74. The molecule has 2 aromatic rings. The first-order chi connectivity index (χ1) is 12.1. The molecule has 0 saturated heterocycles. The highest BCUT2D eigenvalue weighted by Crippen LogP contribution is 2.31. The predicted octanol–water partition coefficient (Wildman–Crippen LogP) is 3.88. The molecule has 0 fully saturated rings. The second-order valence-electron chi connectivity index (χ2n) is 5.74. The average molecular weight is 343 g/mol. The van der Waals surface area contributed by atoms with Gasteiger partial charge in [-0.3, -0.25) is 4.79 Å². The quantitative estimate of drug-likeness (QED) is 0.733. The Bertz CT molecular complexity index is 743. The molecule has 134 valence electrons. The maximum Gasteiger partial charge on any atom is 0.257 e. The molecule has 0 unspecified atom stereocenters. The molecule has 1 heterocycles. The number of benzene rings is 1. The number of carbonyl (C=O) groups excluding carboxylic acids is 1. The van der Waals surface area contributed by atoms with E-state index in [0.29, 0.717) is 40.3 Å². The van der Waals surface area contributed by atoms with Crippen molar-refractivity contribution in [3.63, 3.8) is 0 Å². The molecule has 0 aliphatic carbocycles. The van der Waals surface area contributed by atoms with Crippen LogP contribution in [0.15, 0.2) is 18.2 Å². The van der Waals surface area contributed by atoms with Crippen LogP contribution in [0.2, 0.25) is 0 Å². The van der Waals surface area contributed by atoms with Crippen LogP contribution in [0.1, 0.15) is 42.7 Å². The van der Waals surface area contributed by atoms with Crippen molar-refractivity contribution < 1.29 is 14.3 Å². The lowest BCUT2D eigenvalue weighted by molar-refractivity contribution is 0.112. The number of aldehydes is 1. The van der Waals surface area contributed by atoms with E-state index in [1.807, 2.05) is 13.0 Å². The third kappa shape index (κ3) is 4.07. The average Bonchev–Trinajstić information content (AvgIpc) is 2.65. The Morgan fingerprint density at radius 3 is 2.44 bits per heavy atom. The number of nitrogens with one attached hydrogen (secondary N) is 1. The summed E-state index contributed by atoms with van der Waals surface area (Å²) in [5.74, 6) is 1.66. The van der Waals surface area contributed by atoms with E-state index in [1.165, 1.54) is 0 Å². The zero-order valence-corrected chi connectivity index (χ0v) is 15.4. The van der Waals surface area contributed by atoms with Gasteiger partial charge in [0.1, 0.15) is 5.75 Å². The Kier molecular flexibility index (Phi) is 6.33. The van der Waals surface area contributed by atoms with E-state index in [1.54, 1.807) is 26.4 Å². The van der Waals surface area contributed by atoms with Crippen LogP contribution in [0.4, 0.5) is 5.82 Å². The lowest BCUT2D eigenvalue weighted by Crippen LogP contribution is -2.19. The molecule has 0 saturated carbocycles. The van der Waals surface area contributed by atoms with E-state index in [-0.39, 0.29) is 0 Å². The van der Waals surface area contributed by atoms with Crippen molar-refractivity contribution in [2.75, 3.05) is 19.5 Å². The van der Waals surface area contributed by atoms with Crippen molar-refractivity contribution in [1.29, 1.82) is 0 Å². The molecule has 25 heavy (non-hydrogen) atoms. The van der Waals surface area contributed by atoms with Crippen molar-refractivity contribution in [3.05, 3.63) is 29.5 Å². The first-order valence-electron chi connectivity index (χ1n) is 8.40. The maximum absolute atomic E-state index is 11.5. The number of aryl methyl sites for hydroxylation is 1. The maximum atomic E-state index is 11.5. The van der Waals surface area contributed by atoms with Gasteiger partial charge in [0.2, 0.25) is 0 Å². The Balaban J connectivity index is 2.51. The van der Waals surface area contributed by atoms with Crippen LogP contribution >= 0.6 is 0 Å². The van der Waals surface area contributed by atoms with E-state index < -0.39 is 0 Å². The minimum absolute atomic E-state index is 0.306. The van der Waals surface area contributed by atoms with Crippen LogP contribution in [0, 0.1) is 6.92 Å². The van der Waals surface area contributed by atoms with E-state index in [9.17, 15) is 4.79 Å². The van der Waals surface area contributed by atoms with Crippen molar-refractivity contribution >= 4 is 12.1 Å². The van der Waals surface area contributed by atoms with Crippen LogP contribution < -0.4 is 14.8 Å². The first kappa shape index (κ1) is 18.7. The highest BCUT2D eigenvalue weighted by atomic mass is 16.5. The number of nitrogens with zero attached hydrogens (tertiary/aromatic N) is 2. The molecular formula is C19H25N3O3. The summed E-state index contributed by atoms with van der Waals surface area (Å²) in [6.07, 6.45) is 2.76. The molecule has 0 amide bonds. The van der Waals surface area contributed by atoms with Gasteiger partial charge in [-0.1, -0.05) is 13.8 Å². The van der Waals surface area contributed by atoms with E-state index in [2.05, 4.69) is 29.1 Å². The molecule has 0 bridgehead atoms. The largest absolute Gasteiger partial charge is 0.497 e. The Morgan fingerprint density at radius 2 is 1.88 bits per heavy atom. The zero-order chi connectivity index (χ0) is 18.4. The number of methoxy groups -OCH3 is 2. The summed E-state index contributed by atoms with van der Waals surface area (Å²) in [5, 5.41) is 3.38. The van der Waals surface area contributed by atoms with Crippen molar-refractivity contribution in [1.82, 2.24) is 9.97 Å². The van der Waals surface area contributed by atoms with Gasteiger partial charge in [0.25, 0.3) is 5.88 Å². The van der Waals surface area contributed by atoms with Crippen LogP contribution in [-0.4, -0.2) is 36.5 Å². The lowest BCUT2D eigenvalue weighted by Gasteiger charge is -2.19. The number of ether oxygens (including phenoxy) is 2. The molecule has 6 heteroatoms. The van der Waals surface area contributed by atoms with Crippen molar-refractivity contribution in [3.8, 4) is 22.9 Å². The van der Waals surface area contributed by atoms with Gasteiger partial charge in [0.15, 0.2) is 12.1 Å². The van der Waals surface area contributed by atoms with Gasteiger partial charge in [0, 0.05) is 17.2 Å². The van der Waals surface area contributed by atoms with Crippen LogP contribution in [-0.2, 0) is 0 Å². The molecule has 2 rings (SSSR count). The number of aromatic nitrogens is 2. The monoisotopic (exact) mass is 343 g/mol. The fraction of sp³-hybridized carbons (Fsp3) is 0.421. The number of hydrogen-bond donors (Lipinski definition) is 1. The summed E-state index contributed by atoms with van der Waals surface area (Å²) in [5.41, 5.74) is 2.55. The molecule has 0 aliphatic heterocycles. The molecule has 0 atom stereocenters. The summed E-state index contributed by atoms with van der Waals surface area (Å²) < 4.78 is 10.6. The van der Waals surface area contributed by atoms with E-state index in [4.69, 9.17) is 9.47 Å². The fourth-order valence-corrected chi connectivity index (χ4v) is 2.66. The molecule has 0 aliphatic rings. The Hall–Kier alpha value is -2.63. The van der Waals surface area contributed by atoms with Crippen molar-refractivity contribution in [2.45, 2.75) is 39.7 Å². The zero-order valence-electron chi connectivity index (χ0n) is 15.4. The Labute approximate surface area is 148 Å². The van der Waals surface area contributed by atoms with Gasteiger partial charge in [0.05, 0.1) is 25.6 Å². The molecule has 1 aromatic heterocycles. The summed E-state index contributed by atoms with van der Waals surface area (Å²) in [6, 6.07) is 5.60. The minimum atomic E-state index is 0.306. The standard InChI is InChI=1S/C19H25N3O3/c1-6-14(7-2)21-18-19(25-5)22-17(12(3)20-18)16-9-8-15(24-4)10-13(16)11-23/h8-11,14H,6-7H2,1-5H3,(H,20,21). The van der Waals surface area contributed by atoms with Gasteiger partial charge in [-0.25, -0.2) is 9.97 Å².